The Morgan fingerprint density at radius 1 is 1.31 bits per heavy atom. The van der Waals surface area contributed by atoms with E-state index in [1.807, 2.05) is 18.2 Å². The molecular weight excluding hydrogens is 332 g/mol. The van der Waals surface area contributed by atoms with Crippen molar-refractivity contribution in [1.82, 2.24) is 9.88 Å². The maximum Gasteiger partial charge on any atom is 0.306 e. The van der Waals surface area contributed by atoms with Crippen LogP contribution in [0.5, 0.6) is 0 Å². The number of carboxylic acids is 1. The van der Waals surface area contributed by atoms with Gasteiger partial charge in [-0.25, -0.2) is 0 Å². The zero-order valence-corrected chi connectivity index (χ0v) is 15.5. The maximum atomic E-state index is 12.6. The van der Waals surface area contributed by atoms with Gasteiger partial charge in [0, 0.05) is 41.9 Å². The first-order valence-electron chi connectivity index (χ1n) is 9.04. The van der Waals surface area contributed by atoms with Crippen LogP contribution in [0.2, 0.25) is 0 Å². The first kappa shape index (κ1) is 18.5. The summed E-state index contributed by atoms with van der Waals surface area (Å²) >= 11 is 0. The third-order valence-electron chi connectivity index (χ3n) is 5.54. The fourth-order valence-corrected chi connectivity index (χ4v) is 3.87. The van der Waals surface area contributed by atoms with E-state index in [4.69, 9.17) is 9.84 Å². The quantitative estimate of drug-likeness (QED) is 0.832. The van der Waals surface area contributed by atoms with Crippen molar-refractivity contribution in [2.45, 2.75) is 45.7 Å². The molecule has 1 aliphatic rings. The largest absolute Gasteiger partial charge is 0.481 e. The summed E-state index contributed by atoms with van der Waals surface area (Å²) in [5, 5.41) is 13.2. The molecule has 6 nitrogen and oxygen atoms in total. The van der Waals surface area contributed by atoms with E-state index in [2.05, 4.69) is 23.7 Å². The summed E-state index contributed by atoms with van der Waals surface area (Å²) in [7, 11) is 1.69. The fraction of sp³-hybridized carbons (Fsp3) is 0.500. The lowest BCUT2D eigenvalue weighted by Crippen LogP contribution is -2.33. The average molecular weight is 358 g/mol. The molecule has 140 valence electrons. The molecule has 1 aromatic carbocycles. The van der Waals surface area contributed by atoms with Crippen molar-refractivity contribution in [2.75, 3.05) is 13.7 Å². The van der Waals surface area contributed by atoms with E-state index in [-0.39, 0.29) is 17.9 Å². The Morgan fingerprint density at radius 3 is 2.73 bits per heavy atom. The van der Waals surface area contributed by atoms with Crippen LogP contribution in [0.1, 0.15) is 40.9 Å². The first-order valence-corrected chi connectivity index (χ1v) is 9.04. The van der Waals surface area contributed by atoms with Crippen LogP contribution in [0.25, 0.3) is 10.9 Å². The minimum absolute atomic E-state index is 0.0616. The maximum absolute atomic E-state index is 12.6. The summed E-state index contributed by atoms with van der Waals surface area (Å²) in [6.07, 6.45) is 1.85. The van der Waals surface area contributed by atoms with Crippen LogP contribution in [0, 0.1) is 19.8 Å². The lowest BCUT2D eigenvalue weighted by atomic mass is 10.1. The summed E-state index contributed by atoms with van der Waals surface area (Å²) in [4.78, 5) is 23.7. The van der Waals surface area contributed by atoms with Crippen molar-refractivity contribution >= 4 is 22.8 Å². The Kier molecular flexibility index (Phi) is 5.32. The van der Waals surface area contributed by atoms with Crippen molar-refractivity contribution in [3.05, 3.63) is 35.0 Å². The highest BCUT2D eigenvalue weighted by Gasteiger charge is 2.30. The van der Waals surface area contributed by atoms with Gasteiger partial charge in [0.05, 0.1) is 12.5 Å². The van der Waals surface area contributed by atoms with E-state index >= 15 is 0 Å². The molecule has 2 aromatic rings. The molecule has 1 amide bonds. The fourth-order valence-electron chi connectivity index (χ4n) is 3.87. The smallest absolute Gasteiger partial charge is 0.306 e. The molecule has 2 atom stereocenters. The van der Waals surface area contributed by atoms with Gasteiger partial charge in [-0.2, -0.15) is 0 Å². The number of benzene rings is 1. The molecular formula is C20H26N2O4. The molecule has 0 bridgehead atoms. The molecule has 1 fully saturated rings. The predicted octanol–water partition coefficient (Wildman–Crippen LogP) is 2.89. The van der Waals surface area contributed by atoms with Gasteiger partial charge in [0.15, 0.2) is 0 Å². The van der Waals surface area contributed by atoms with Gasteiger partial charge in [0.1, 0.15) is 0 Å². The van der Waals surface area contributed by atoms with Crippen LogP contribution in [0.3, 0.4) is 0 Å². The highest BCUT2D eigenvalue weighted by molar-refractivity contribution is 5.99. The summed E-state index contributed by atoms with van der Waals surface area (Å²) in [6.45, 7) is 5.56. The number of nitrogens with zero attached hydrogens (tertiary/aromatic N) is 1. The lowest BCUT2D eigenvalue weighted by Gasteiger charge is -2.13. The highest BCUT2D eigenvalue weighted by atomic mass is 16.5. The number of rotatable bonds is 6. The third kappa shape index (κ3) is 3.46. The first-order chi connectivity index (χ1) is 12.4. The predicted molar refractivity (Wildman–Crippen MR) is 99.5 cm³/mol. The molecule has 2 N–H and O–H groups in total. The number of carbonyl (C=O) groups is 2. The minimum atomic E-state index is -0.772. The van der Waals surface area contributed by atoms with Crippen molar-refractivity contribution in [2.24, 2.45) is 5.92 Å². The van der Waals surface area contributed by atoms with Crippen LogP contribution >= 0.6 is 0 Å². The summed E-state index contributed by atoms with van der Waals surface area (Å²) in [6, 6.07) is 5.69. The van der Waals surface area contributed by atoms with Gasteiger partial charge < -0.3 is 19.7 Å². The molecule has 0 saturated heterocycles. The number of amides is 1. The van der Waals surface area contributed by atoms with E-state index in [0.29, 0.717) is 25.0 Å². The number of carbonyl (C=O) groups excluding carboxylic acids is 1. The van der Waals surface area contributed by atoms with Crippen molar-refractivity contribution < 1.29 is 19.4 Å². The average Bonchev–Trinajstić information content (AvgIpc) is 3.18. The van der Waals surface area contributed by atoms with Gasteiger partial charge in [-0.1, -0.05) is 0 Å². The Bertz CT molecular complexity index is 840. The molecule has 1 heterocycles. The number of hydrogen-bond acceptors (Lipinski definition) is 3. The normalized spacial score (nSPS) is 19.8. The lowest BCUT2D eigenvalue weighted by molar-refractivity contribution is -0.141. The molecule has 0 aliphatic heterocycles. The van der Waals surface area contributed by atoms with E-state index in [1.54, 1.807) is 7.11 Å². The van der Waals surface area contributed by atoms with Gasteiger partial charge in [-0.3, -0.25) is 9.59 Å². The number of carboxylic acid groups (broad SMARTS) is 1. The standard InChI is InChI=1S/C20H26N2O4/c1-12-13(2)22(8-9-26-3)18-7-5-14(11-17(12)18)19(23)21-16-6-4-15(10-16)20(24)25/h5,7,11,15-16H,4,6,8-10H2,1-3H3,(H,21,23)(H,24,25)/t15-,16+/m1/s1. The second-order valence-electron chi connectivity index (χ2n) is 7.11. The van der Waals surface area contributed by atoms with Crippen LogP contribution in [-0.2, 0) is 16.1 Å². The van der Waals surface area contributed by atoms with Gasteiger partial charge >= 0.3 is 5.97 Å². The summed E-state index contributed by atoms with van der Waals surface area (Å²) in [5.74, 6) is -1.25. The minimum Gasteiger partial charge on any atom is -0.481 e. The SMILES string of the molecule is COCCn1c(C)c(C)c2cc(C(=O)N[C@H]3CC[C@@H](C(=O)O)C3)ccc21. The second-order valence-corrected chi connectivity index (χ2v) is 7.11. The summed E-state index contributed by atoms with van der Waals surface area (Å²) in [5.41, 5.74) is 4.05. The number of methoxy groups -OCH3 is 1. The van der Waals surface area contributed by atoms with Crippen molar-refractivity contribution in [3.63, 3.8) is 0 Å². The number of fused-ring (bicyclic) bond motifs is 1. The van der Waals surface area contributed by atoms with Crippen molar-refractivity contribution in [3.8, 4) is 0 Å². The Hall–Kier alpha value is -2.34. The number of aryl methyl sites for hydroxylation is 1. The monoisotopic (exact) mass is 358 g/mol. The molecule has 0 spiro atoms. The van der Waals surface area contributed by atoms with Gasteiger partial charge in [0.2, 0.25) is 0 Å². The second kappa shape index (κ2) is 7.50. The zero-order chi connectivity index (χ0) is 18.8. The molecule has 26 heavy (non-hydrogen) atoms. The Balaban J connectivity index is 1.79. The van der Waals surface area contributed by atoms with Crippen LogP contribution < -0.4 is 5.32 Å². The number of hydrogen-bond donors (Lipinski definition) is 2. The Labute approximate surface area is 153 Å². The van der Waals surface area contributed by atoms with Gasteiger partial charge in [-0.05, 0) is 56.9 Å². The van der Waals surface area contributed by atoms with Crippen molar-refractivity contribution in [1.29, 1.82) is 0 Å². The molecule has 1 saturated carbocycles. The molecule has 1 aliphatic carbocycles. The highest BCUT2D eigenvalue weighted by Crippen LogP contribution is 2.28. The number of aliphatic carboxylic acids is 1. The number of aromatic nitrogens is 1. The van der Waals surface area contributed by atoms with Gasteiger partial charge in [0.25, 0.3) is 5.91 Å². The van der Waals surface area contributed by atoms with Gasteiger partial charge in [-0.15, -0.1) is 0 Å². The van der Waals surface area contributed by atoms with E-state index < -0.39 is 5.97 Å². The summed E-state index contributed by atoms with van der Waals surface area (Å²) < 4.78 is 7.41. The van der Waals surface area contributed by atoms with E-state index in [1.165, 1.54) is 5.69 Å². The zero-order valence-electron chi connectivity index (χ0n) is 15.5. The number of ether oxygens (including phenoxy) is 1. The molecule has 0 radical (unpaired) electrons. The van der Waals surface area contributed by atoms with E-state index in [0.717, 1.165) is 29.4 Å². The van der Waals surface area contributed by atoms with Crippen LogP contribution in [-0.4, -0.2) is 41.3 Å². The molecule has 6 heteroatoms. The van der Waals surface area contributed by atoms with Crippen LogP contribution in [0.15, 0.2) is 18.2 Å². The van der Waals surface area contributed by atoms with E-state index in [9.17, 15) is 9.59 Å². The topological polar surface area (TPSA) is 80.6 Å². The number of nitrogens with one attached hydrogen (secondary N) is 1. The molecule has 0 unspecified atom stereocenters. The molecule has 3 rings (SSSR count). The third-order valence-corrected chi connectivity index (χ3v) is 5.54. The Morgan fingerprint density at radius 2 is 2.08 bits per heavy atom. The molecule has 1 aromatic heterocycles. The van der Waals surface area contributed by atoms with Crippen LogP contribution in [0.4, 0.5) is 0 Å².